The summed E-state index contributed by atoms with van der Waals surface area (Å²) in [5.41, 5.74) is 5.97. The fourth-order valence-corrected chi connectivity index (χ4v) is 3.16. The van der Waals surface area contributed by atoms with Crippen LogP contribution < -0.4 is 14.9 Å². The van der Waals surface area contributed by atoms with Crippen molar-refractivity contribution >= 4 is 23.4 Å². The molecule has 27 heavy (non-hydrogen) atoms. The third-order valence-electron chi connectivity index (χ3n) is 3.66. The average Bonchev–Trinajstić information content (AvgIpc) is 2.65. The van der Waals surface area contributed by atoms with Gasteiger partial charge in [-0.05, 0) is 44.5 Å². The molecule has 0 fully saturated rings. The predicted molar refractivity (Wildman–Crippen MR) is 107 cm³/mol. The molecule has 0 unspecified atom stereocenters. The van der Waals surface area contributed by atoms with Crippen LogP contribution in [0.1, 0.15) is 30.3 Å². The van der Waals surface area contributed by atoms with Crippen LogP contribution in [-0.4, -0.2) is 41.6 Å². The number of ether oxygens (including phenoxy) is 2. The highest BCUT2D eigenvalue weighted by molar-refractivity contribution is 7.99. The molecule has 1 amide bonds. The Bertz CT molecular complexity index is 819. The number of hydrogen-bond donors (Lipinski definition) is 1. The lowest BCUT2D eigenvalue weighted by molar-refractivity contribution is -0.118. The molecule has 1 aromatic heterocycles. The molecule has 0 aliphatic heterocycles. The minimum atomic E-state index is -0.214. The Hall–Kier alpha value is -2.61. The summed E-state index contributed by atoms with van der Waals surface area (Å²) in [4.78, 5) is 20.7. The number of amides is 1. The lowest BCUT2D eigenvalue weighted by Gasteiger charge is -2.10. The van der Waals surface area contributed by atoms with Crippen LogP contribution in [0.15, 0.2) is 34.5 Å². The molecule has 0 bridgehead atoms. The van der Waals surface area contributed by atoms with Crippen LogP contribution in [-0.2, 0) is 4.79 Å². The number of nitrogens with one attached hydrogen (secondary N) is 1. The van der Waals surface area contributed by atoms with E-state index in [0.717, 1.165) is 22.7 Å². The summed E-state index contributed by atoms with van der Waals surface area (Å²) in [6, 6.07) is 7.43. The van der Waals surface area contributed by atoms with Crippen LogP contribution in [0.3, 0.4) is 0 Å². The second kappa shape index (κ2) is 9.91. The molecule has 2 rings (SSSR count). The predicted octanol–water partition coefficient (Wildman–Crippen LogP) is 3.13. The van der Waals surface area contributed by atoms with Crippen molar-refractivity contribution in [1.29, 1.82) is 0 Å². The Morgan fingerprint density at radius 3 is 2.37 bits per heavy atom. The Morgan fingerprint density at radius 2 is 1.78 bits per heavy atom. The van der Waals surface area contributed by atoms with Gasteiger partial charge in [-0.1, -0.05) is 18.7 Å². The van der Waals surface area contributed by atoms with E-state index in [1.807, 2.05) is 45.0 Å². The number of methoxy groups -OCH3 is 2. The van der Waals surface area contributed by atoms with Crippen molar-refractivity contribution in [3.63, 3.8) is 0 Å². The van der Waals surface area contributed by atoms with E-state index >= 15 is 0 Å². The summed E-state index contributed by atoms with van der Waals surface area (Å²) in [7, 11) is 3.17. The van der Waals surface area contributed by atoms with Gasteiger partial charge in [-0.15, -0.1) is 0 Å². The van der Waals surface area contributed by atoms with E-state index in [4.69, 9.17) is 9.47 Å². The Balaban J connectivity index is 2.02. The molecule has 2 aromatic rings. The van der Waals surface area contributed by atoms with Crippen molar-refractivity contribution in [1.82, 2.24) is 15.4 Å². The van der Waals surface area contributed by atoms with E-state index in [0.29, 0.717) is 23.1 Å². The highest BCUT2D eigenvalue weighted by atomic mass is 32.2. The zero-order valence-electron chi connectivity index (χ0n) is 16.2. The molecule has 0 aliphatic carbocycles. The number of hydrazone groups is 1. The molecular formula is C19H24N4O3S. The van der Waals surface area contributed by atoms with Crippen LogP contribution in [0.4, 0.5) is 0 Å². The number of rotatable bonds is 8. The van der Waals surface area contributed by atoms with E-state index in [2.05, 4.69) is 20.5 Å². The van der Waals surface area contributed by atoms with Crippen molar-refractivity contribution in [2.75, 3.05) is 20.0 Å². The topological polar surface area (TPSA) is 85.7 Å². The van der Waals surface area contributed by atoms with Gasteiger partial charge in [0.05, 0.1) is 25.7 Å². The van der Waals surface area contributed by atoms with E-state index in [-0.39, 0.29) is 11.7 Å². The molecule has 1 N–H and O–H groups in total. The fourth-order valence-electron chi connectivity index (χ4n) is 2.41. The summed E-state index contributed by atoms with van der Waals surface area (Å²) in [6.07, 6.45) is 0.656. The number of thioether (sulfide) groups is 1. The summed E-state index contributed by atoms with van der Waals surface area (Å²) in [6.45, 7) is 5.78. The summed E-state index contributed by atoms with van der Waals surface area (Å²) < 4.78 is 10.6. The Morgan fingerprint density at radius 1 is 1.11 bits per heavy atom. The average molecular weight is 388 g/mol. The molecule has 0 radical (unpaired) electrons. The van der Waals surface area contributed by atoms with E-state index in [1.54, 1.807) is 14.2 Å². The van der Waals surface area contributed by atoms with Gasteiger partial charge in [0.25, 0.3) is 5.91 Å². The van der Waals surface area contributed by atoms with Crippen LogP contribution in [0, 0.1) is 13.8 Å². The molecule has 0 aliphatic rings. The van der Waals surface area contributed by atoms with Crippen LogP contribution in [0.5, 0.6) is 11.5 Å². The molecule has 1 aromatic carbocycles. The van der Waals surface area contributed by atoms with Crippen LogP contribution in [0.2, 0.25) is 0 Å². The van der Waals surface area contributed by atoms with E-state index < -0.39 is 0 Å². The Kier molecular flexibility index (Phi) is 7.60. The van der Waals surface area contributed by atoms with Crippen molar-refractivity contribution in [3.8, 4) is 11.5 Å². The third kappa shape index (κ3) is 5.96. The SMILES string of the molecule is CC/C(=N/NC(=O)CSc1nc(C)cc(C)n1)c1ccc(OC)c(OC)c1. The van der Waals surface area contributed by atoms with Gasteiger partial charge in [0.15, 0.2) is 16.7 Å². The highest BCUT2D eigenvalue weighted by Gasteiger charge is 2.10. The summed E-state index contributed by atoms with van der Waals surface area (Å²) >= 11 is 1.28. The van der Waals surface area contributed by atoms with Gasteiger partial charge in [-0.2, -0.15) is 5.10 Å². The first-order valence-corrected chi connectivity index (χ1v) is 9.48. The second-order valence-corrected chi connectivity index (χ2v) is 6.68. The molecule has 0 saturated heterocycles. The van der Waals surface area contributed by atoms with Crippen LogP contribution >= 0.6 is 11.8 Å². The zero-order valence-corrected chi connectivity index (χ0v) is 17.0. The lowest BCUT2D eigenvalue weighted by atomic mass is 10.1. The van der Waals surface area contributed by atoms with Gasteiger partial charge in [0, 0.05) is 17.0 Å². The maximum atomic E-state index is 12.1. The van der Waals surface area contributed by atoms with Gasteiger partial charge in [-0.3, -0.25) is 4.79 Å². The largest absolute Gasteiger partial charge is 0.493 e. The van der Waals surface area contributed by atoms with Crippen molar-refractivity contribution in [3.05, 3.63) is 41.2 Å². The van der Waals surface area contributed by atoms with Crippen molar-refractivity contribution in [2.24, 2.45) is 5.10 Å². The highest BCUT2D eigenvalue weighted by Crippen LogP contribution is 2.28. The smallest absolute Gasteiger partial charge is 0.250 e. The molecule has 144 valence electrons. The maximum Gasteiger partial charge on any atom is 0.250 e. The minimum Gasteiger partial charge on any atom is -0.493 e. The van der Waals surface area contributed by atoms with E-state index in [9.17, 15) is 4.79 Å². The Labute approximate surface area is 163 Å². The van der Waals surface area contributed by atoms with Gasteiger partial charge in [0.1, 0.15) is 0 Å². The van der Waals surface area contributed by atoms with Gasteiger partial charge in [0.2, 0.25) is 0 Å². The number of carbonyl (C=O) groups is 1. The second-order valence-electron chi connectivity index (χ2n) is 5.74. The minimum absolute atomic E-state index is 0.190. The third-order valence-corrected chi connectivity index (χ3v) is 4.51. The quantitative estimate of drug-likeness (QED) is 0.324. The molecule has 0 spiro atoms. The summed E-state index contributed by atoms with van der Waals surface area (Å²) in [5.74, 6) is 1.24. The monoisotopic (exact) mass is 388 g/mol. The molecule has 8 heteroatoms. The number of carbonyl (C=O) groups excluding carboxylic acids is 1. The van der Waals surface area contributed by atoms with Gasteiger partial charge < -0.3 is 9.47 Å². The number of aromatic nitrogens is 2. The molecule has 0 saturated carbocycles. The number of aryl methyl sites for hydroxylation is 2. The normalized spacial score (nSPS) is 11.2. The van der Waals surface area contributed by atoms with Crippen LogP contribution in [0.25, 0.3) is 0 Å². The van der Waals surface area contributed by atoms with Crippen molar-refractivity contribution in [2.45, 2.75) is 32.3 Å². The first-order chi connectivity index (χ1) is 13.0. The first-order valence-electron chi connectivity index (χ1n) is 8.49. The summed E-state index contributed by atoms with van der Waals surface area (Å²) in [5, 5.41) is 4.84. The zero-order chi connectivity index (χ0) is 19.8. The standard InChI is InChI=1S/C19H24N4O3S/c1-6-15(14-7-8-16(25-4)17(10-14)26-5)22-23-18(24)11-27-19-20-12(2)9-13(3)21-19/h7-10H,6,11H2,1-5H3,(H,23,24)/b22-15-. The number of benzene rings is 1. The van der Waals surface area contributed by atoms with E-state index in [1.165, 1.54) is 11.8 Å². The molecule has 1 heterocycles. The molecule has 0 atom stereocenters. The van der Waals surface area contributed by atoms with Gasteiger partial charge in [-0.25, -0.2) is 15.4 Å². The fraction of sp³-hybridized carbons (Fsp3) is 0.368. The number of nitrogens with zero attached hydrogens (tertiary/aromatic N) is 3. The lowest BCUT2D eigenvalue weighted by Crippen LogP contribution is -2.22. The molecule has 7 nitrogen and oxygen atoms in total. The van der Waals surface area contributed by atoms with Crippen molar-refractivity contribution < 1.29 is 14.3 Å². The first kappa shape index (κ1) is 20.7. The number of hydrogen-bond acceptors (Lipinski definition) is 7. The maximum absolute atomic E-state index is 12.1. The van der Waals surface area contributed by atoms with Gasteiger partial charge >= 0.3 is 0 Å². The molecular weight excluding hydrogens is 364 g/mol.